The maximum absolute atomic E-state index is 10.2. The van der Waals surface area contributed by atoms with Crippen LogP contribution in [0.5, 0.6) is 0 Å². The third-order valence-corrected chi connectivity index (χ3v) is 4.48. The lowest BCUT2D eigenvalue weighted by Crippen LogP contribution is -2.51. The molecule has 1 saturated carbocycles. The zero-order valence-corrected chi connectivity index (χ0v) is 9.98. The van der Waals surface area contributed by atoms with Crippen molar-refractivity contribution in [2.24, 2.45) is 0 Å². The molecule has 4 unspecified atom stereocenters. The molecule has 2 bridgehead atoms. The fourth-order valence-electron chi connectivity index (χ4n) is 3.61. The first-order valence-corrected chi connectivity index (χ1v) is 6.90. The van der Waals surface area contributed by atoms with E-state index in [-0.39, 0.29) is 6.10 Å². The number of aliphatic hydroxyl groups is 1. The molecule has 3 fully saturated rings. The largest absolute Gasteiger partial charge is 0.391 e. The van der Waals surface area contributed by atoms with Crippen molar-refractivity contribution in [2.75, 3.05) is 13.1 Å². The summed E-state index contributed by atoms with van der Waals surface area (Å²) in [7, 11) is 0. The Kier molecular flexibility index (Phi) is 3.18. The second-order valence-corrected chi connectivity index (χ2v) is 5.68. The molecule has 2 saturated heterocycles. The van der Waals surface area contributed by atoms with Gasteiger partial charge in [-0.1, -0.05) is 19.3 Å². The Hall–Kier alpha value is -0.120. The van der Waals surface area contributed by atoms with Crippen molar-refractivity contribution in [1.29, 1.82) is 0 Å². The Morgan fingerprint density at radius 2 is 1.56 bits per heavy atom. The zero-order valence-electron chi connectivity index (χ0n) is 9.98. The van der Waals surface area contributed by atoms with Gasteiger partial charge < -0.3 is 9.84 Å². The Balaban J connectivity index is 1.66. The minimum absolute atomic E-state index is 0.0972. The lowest BCUT2D eigenvalue weighted by molar-refractivity contribution is -0.0737. The first-order valence-electron chi connectivity index (χ1n) is 6.90. The van der Waals surface area contributed by atoms with Crippen LogP contribution in [0.1, 0.15) is 44.9 Å². The van der Waals surface area contributed by atoms with Crippen molar-refractivity contribution < 1.29 is 9.84 Å². The van der Waals surface area contributed by atoms with Gasteiger partial charge in [-0.15, -0.1) is 0 Å². The van der Waals surface area contributed by atoms with Gasteiger partial charge in [0, 0.05) is 19.1 Å². The molecule has 92 valence electrons. The summed E-state index contributed by atoms with van der Waals surface area (Å²) in [5, 5.41) is 10.2. The fraction of sp³-hybridized carbons (Fsp3) is 1.00. The summed E-state index contributed by atoms with van der Waals surface area (Å²) in [5.74, 6) is 0. The fourth-order valence-corrected chi connectivity index (χ4v) is 3.61. The lowest BCUT2D eigenvalue weighted by atomic mass is 10.0. The van der Waals surface area contributed by atoms with Crippen molar-refractivity contribution in [1.82, 2.24) is 4.90 Å². The molecule has 2 aliphatic heterocycles. The summed E-state index contributed by atoms with van der Waals surface area (Å²) >= 11 is 0. The molecule has 0 radical (unpaired) electrons. The minimum Gasteiger partial charge on any atom is -0.391 e. The highest BCUT2D eigenvalue weighted by Gasteiger charge is 2.38. The van der Waals surface area contributed by atoms with Crippen LogP contribution >= 0.6 is 0 Å². The van der Waals surface area contributed by atoms with E-state index in [1.54, 1.807) is 0 Å². The Morgan fingerprint density at radius 3 is 2.31 bits per heavy atom. The monoisotopic (exact) mass is 225 g/mol. The van der Waals surface area contributed by atoms with E-state index < -0.39 is 0 Å². The van der Waals surface area contributed by atoms with Crippen LogP contribution < -0.4 is 0 Å². The predicted molar refractivity (Wildman–Crippen MR) is 62.3 cm³/mol. The van der Waals surface area contributed by atoms with Crippen LogP contribution in [0.25, 0.3) is 0 Å². The quantitative estimate of drug-likeness (QED) is 0.687. The Morgan fingerprint density at radius 1 is 0.875 bits per heavy atom. The third-order valence-electron chi connectivity index (χ3n) is 4.48. The second-order valence-electron chi connectivity index (χ2n) is 5.68. The number of rotatable bonds is 1. The van der Waals surface area contributed by atoms with Gasteiger partial charge in [0.1, 0.15) is 0 Å². The van der Waals surface area contributed by atoms with E-state index in [2.05, 4.69) is 4.90 Å². The van der Waals surface area contributed by atoms with Gasteiger partial charge in [0.15, 0.2) is 0 Å². The van der Waals surface area contributed by atoms with Crippen molar-refractivity contribution in [3.63, 3.8) is 0 Å². The van der Waals surface area contributed by atoms with Crippen LogP contribution in [0.2, 0.25) is 0 Å². The molecule has 3 rings (SSSR count). The maximum Gasteiger partial charge on any atom is 0.0707 e. The molecule has 16 heavy (non-hydrogen) atoms. The molecule has 0 spiro atoms. The summed E-state index contributed by atoms with van der Waals surface area (Å²) in [5.41, 5.74) is 0. The standard InChI is InChI=1S/C13H23NO2/c15-13-5-3-1-2-4-12(13)14-8-10-6-7-11(9-14)16-10/h10-13,15H,1-9H2. The van der Waals surface area contributed by atoms with E-state index in [0.717, 1.165) is 19.5 Å². The number of hydrogen-bond acceptors (Lipinski definition) is 3. The zero-order chi connectivity index (χ0) is 11.0. The van der Waals surface area contributed by atoms with Crippen LogP contribution in [0, 0.1) is 0 Å². The highest BCUT2D eigenvalue weighted by molar-refractivity contribution is 4.91. The molecule has 1 N–H and O–H groups in total. The molecule has 3 aliphatic rings. The van der Waals surface area contributed by atoms with Gasteiger partial charge in [-0.05, 0) is 25.7 Å². The molecule has 2 heterocycles. The highest BCUT2D eigenvalue weighted by atomic mass is 16.5. The first kappa shape index (κ1) is 11.0. The Labute approximate surface area is 97.8 Å². The number of aliphatic hydroxyl groups excluding tert-OH is 1. The molecule has 0 aromatic rings. The van der Waals surface area contributed by atoms with Gasteiger partial charge in [0.05, 0.1) is 18.3 Å². The number of morpholine rings is 1. The lowest BCUT2D eigenvalue weighted by Gasteiger charge is -2.39. The van der Waals surface area contributed by atoms with E-state index in [0.29, 0.717) is 18.2 Å². The summed E-state index contributed by atoms with van der Waals surface area (Å²) in [6.07, 6.45) is 9.23. The van der Waals surface area contributed by atoms with Gasteiger partial charge in [0.2, 0.25) is 0 Å². The first-order chi connectivity index (χ1) is 7.83. The van der Waals surface area contributed by atoms with E-state index in [9.17, 15) is 5.11 Å². The van der Waals surface area contributed by atoms with E-state index in [4.69, 9.17) is 4.74 Å². The van der Waals surface area contributed by atoms with Crippen LogP contribution in [-0.4, -0.2) is 47.4 Å². The average Bonchev–Trinajstić information content (AvgIpc) is 2.51. The maximum atomic E-state index is 10.2. The van der Waals surface area contributed by atoms with Crippen molar-refractivity contribution in [2.45, 2.75) is 69.3 Å². The molecule has 0 amide bonds. The average molecular weight is 225 g/mol. The second kappa shape index (κ2) is 4.63. The summed E-state index contributed by atoms with van der Waals surface area (Å²) in [6.45, 7) is 2.11. The molecule has 3 heteroatoms. The number of fused-ring (bicyclic) bond motifs is 2. The molecular formula is C13H23NO2. The molecule has 1 aliphatic carbocycles. The van der Waals surface area contributed by atoms with Crippen LogP contribution in [0.15, 0.2) is 0 Å². The van der Waals surface area contributed by atoms with Crippen molar-refractivity contribution in [3.05, 3.63) is 0 Å². The van der Waals surface area contributed by atoms with Gasteiger partial charge in [-0.25, -0.2) is 0 Å². The number of hydrogen-bond donors (Lipinski definition) is 1. The van der Waals surface area contributed by atoms with Crippen molar-refractivity contribution >= 4 is 0 Å². The smallest absolute Gasteiger partial charge is 0.0707 e. The molecule has 0 aromatic heterocycles. The van der Waals surface area contributed by atoms with E-state index in [1.165, 1.54) is 38.5 Å². The number of nitrogens with zero attached hydrogens (tertiary/aromatic N) is 1. The van der Waals surface area contributed by atoms with E-state index >= 15 is 0 Å². The third kappa shape index (κ3) is 2.13. The summed E-state index contributed by atoms with van der Waals surface area (Å²) in [6, 6.07) is 0.412. The SMILES string of the molecule is OC1CCCCCC1N1CC2CCC(C1)O2. The normalized spacial score (nSPS) is 45.6. The van der Waals surface area contributed by atoms with Gasteiger partial charge in [-0.2, -0.15) is 0 Å². The van der Waals surface area contributed by atoms with Gasteiger partial charge >= 0.3 is 0 Å². The molecule has 0 aromatic carbocycles. The molecule has 3 nitrogen and oxygen atoms in total. The molecule has 4 atom stereocenters. The van der Waals surface area contributed by atoms with Gasteiger partial charge in [0.25, 0.3) is 0 Å². The number of likely N-dealkylation sites (tertiary alicyclic amines) is 1. The van der Waals surface area contributed by atoms with E-state index in [1.807, 2.05) is 0 Å². The van der Waals surface area contributed by atoms with Crippen molar-refractivity contribution in [3.8, 4) is 0 Å². The van der Waals surface area contributed by atoms with Crippen LogP contribution in [0.3, 0.4) is 0 Å². The summed E-state index contributed by atoms with van der Waals surface area (Å²) < 4.78 is 5.86. The molecular weight excluding hydrogens is 202 g/mol. The van der Waals surface area contributed by atoms with Gasteiger partial charge in [-0.3, -0.25) is 4.90 Å². The van der Waals surface area contributed by atoms with Crippen LogP contribution in [0.4, 0.5) is 0 Å². The predicted octanol–water partition coefficient (Wildman–Crippen LogP) is 1.54. The minimum atomic E-state index is -0.0972. The highest BCUT2D eigenvalue weighted by Crippen LogP contribution is 2.31. The summed E-state index contributed by atoms with van der Waals surface area (Å²) in [4.78, 5) is 2.52. The Bertz CT molecular complexity index is 234. The number of ether oxygens (including phenoxy) is 1. The topological polar surface area (TPSA) is 32.7 Å². The van der Waals surface area contributed by atoms with Crippen LogP contribution in [-0.2, 0) is 4.74 Å².